The molecular weight excluding hydrogens is 430 g/mol. The summed E-state index contributed by atoms with van der Waals surface area (Å²) < 4.78 is 32.6. The van der Waals surface area contributed by atoms with Crippen molar-refractivity contribution in [2.75, 3.05) is 39.3 Å². The number of hydrogen-bond donors (Lipinski definition) is 1. The first-order valence-corrected chi connectivity index (χ1v) is 11.7. The molecule has 0 radical (unpaired) electrons. The van der Waals surface area contributed by atoms with Crippen LogP contribution in [0.4, 0.5) is 8.78 Å². The monoisotopic (exact) mass is 458 g/mol. The topological polar surface area (TPSA) is 35.9 Å². The lowest BCUT2D eigenvalue weighted by molar-refractivity contribution is -0.0000872. The molecule has 1 fully saturated rings. The van der Waals surface area contributed by atoms with Crippen LogP contribution in [0.25, 0.3) is 0 Å². The van der Waals surface area contributed by atoms with Crippen molar-refractivity contribution >= 4 is 11.3 Å². The van der Waals surface area contributed by atoms with Crippen molar-refractivity contribution in [3.8, 4) is 0 Å². The number of hydrogen-bond acceptors (Lipinski definition) is 5. The van der Waals surface area contributed by atoms with E-state index in [4.69, 9.17) is 4.74 Å². The molecular formula is C25H28F2N2O2S. The van der Waals surface area contributed by atoms with Crippen LogP contribution < -0.4 is 0 Å². The maximum Gasteiger partial charge on any atom is 0.123 e. The van der Waals surface area contributed by atoms with Crippen LogP contribution in [0.5, 0.6) is 0 Å². The van der Waals surface area contributed by atoms with E-state index in [0.717, 1.165) is 42.2 Å². The van der Waals surface area contributed by atoms with Crippen LogP contribution in [-0.4, -0.2) is 60.3 Å². The Morgan fingerprint density at radius 1 is 0.875 bits per heavy atom. The summed E-state index contributed by atoms with van der Waals surface area (Å²) in [5.41, 5.74) is 1.96. The van der Waals surface area contributed by atoms with Crippen molar-refractivity contribution in [1.82, 2.24) is 9.80 Å². The van der Waals surface area contributed by atoms with Crippen LogP contribution in [0, 0.1) is 11.6 Å². The summed E-state index contributed by atoms with van der Waals surface area (Å²) in [5, 5.41) is 12.4. The molecule has 0 saturated carbocycles. The minimum absolute atomic E-state index is 0.0718. The second-order valence-electron chi connectivity index (χ2n) is 8.09. The van der Waals surface area contributed by atoms with E-state index in [9.17, 15) is 13.9 Å². The Morgan fingerprint density at radius 2 is 1.47 bits per heavy atom. The van der Waals surface area contributed by atoms with Gasteiger partial charge in [0.25, 0.3) is 0 Å². The summed E-state index contributed by atoms with van der Waals surface area (Å²) >= 11 is 1.65. The van der Waals surface area contributed by atoms with Gasteiger partial charge in [0, 0.05) is 37.6 Å². The Bertz CT molecular complexity index is 898. The Kier molecular flexibility index (Phi) is 8.00. The molecule has 2 heterocycles. The number of ether oxygens (including phenoxy) is 1. The molecule has 32 heavy (non-hydrogen) atoms. The van der Waals surface area contributed by atoms with Gasteiger partial charge in [-0.2, -0.15) is 0 Å². The molecule has 0 bridgehead atoms. The molecule has 0 amide bonds. The van der Waals surface area contributed by atoms with Gasteiger partial charge in [0.1, 0.15) is 11.6 Å². The Morgan fingerprint density at radius 3 is 2.00 bits per heavy atom. The summed E-state index contributed by atoms with van der Waals surface area (Å²) in [7, 11) is 0. The predicted octanol–water partition coefficient (Wildman–Crippen LogP) is 4.31. The van der Waals surface area contributed by atoms with Crippen molar-refractivity contribution in [2.24, 2.45) is 0 Å². The van der Waals surface area contributed by atoms with E-state index in [1.54, 1.807) is 35.6 Å². The molecule has 1 aliphatic rings. The molecule has 1 aliphatic heterocycles. The molecule has 170 valence electrons. The second-order valence-corrected chi connectivity index (χ2v) is 9.12. The van der Waals surface area contributed by atoms with Crippen LogP contribution in [0.1, 0.15) is 22.0 Å². The van der Waals surface area contributed by atoms with Crippen LogP contribution in [0.3, 0.4) is 0 Å². The summed E-state index contributed by atoms with van der Waals surface area (Å²) in [6, 6.07) is 17.0. The Balaban J connectivity index is 1.33. The predicted molar refractivity (Wildman–Crippen MR) is 123 cm³/mol. The van der Waals surface area contributed by atoms with Crippen LogP contribution in [0.15, 0.2) is 66.0 Å². The largest absolute Gasteiger partial charge is 0.389 e. The van der Waals surface area contributed by atoms with Crippen LogP contribution in [-0.2, 0) is 11.3 Å². The number of piperazine rings is 1. The SMILES string of the molecule is OC(COCc1cccs1)CN1CCN(C(c2ccc(F)cc2)c2ccc(F)cc2)CC1. The third kappa shape index (κ3) is 6.21. The molecule has 0 spiro atoms. The molecule has 0 aliphatic carbocycles. The van der Waals surface area contributed by atoms with Gasteiger partial charge >= 0.3 is 0 Å². The van der Waals surface area contributed by atoms with Gasteiger partial charge < -0.3 is 9.84 Å². The summed E-state index contributed by atoms with van der Waals surface area (Å²) in [4.78, 5) is 5.72. The first-order valence-electron chi connectivity index (χ1n) is 10.8. The highest BCUT2D eigenvalue weighted by molar-refractivity contribution is 7.09. The van der Waals surface area contributed by atoms with Crippen LogP contribution >= 0.6 is 11.3 Å². The van der Waals surface area contributed by atoms with Gasteiger partial charge in [-0.05, 0) is 46.8 Å². The van der Waals surface area contributed by atoms with Crippen molar-refractivity contribution in [2.45, 2.75) is 18.8 Å². The molecule has 3 aromatic rings. The molecule has 1 aromatic heterocycles. The minimum Gasteiger partial charge on any atom is -0.389 e. The standard InChI is InChI=1S/C25H28F2N2O2S/c26-21-7-3-19(4-8-21)25(20-5-9-22(27)10-6-20)29-13-11-28(12-14-29)16-23(30)17-31-18-24-2-1-15-32-24/h1-10,15,23,25,30H,11-14,16-18H2. The molecule has 2 aromatic carbocycles. The average molecular weight is 459 g/mol. The van der Waals surface area contributed by atoms with Crippen molar-refractivity contribution in [1.29, 1.82) is 0 Å². The second kappa shape index (κ2) is 11.1. The zero-order chi connectivity index (χ0) is 22.3. The maximum atomic E-state index is 13.5. The fourth-order valence-electron chi connectivity index (χ4n) is 4.15. The first kappa shape index (κ1) is 23.0. The molecule has 1 atom stereocenters. The van der Waals surface area contributed by atoms with Gasteiger partial charge in [-0.15, -0.1) is 11.3 Å². The number of benzene rings is 2. The lowest BCUT2D eigenvalue weighted by Gasteiger charge is -2.40. The van der Waals surface area contributed by atoms with E-state index in [-0.39, 0.29) is 17.7 Å². The number of β-amino-alcohol motifs (C(OH)–C–C–N with tert-alkyl or cyclic N) is 1. The summed E-state index contributed by atoms with van der Waals surface area (Å²) in [6.07, 6.45) is -0.536. The Hall–Kier alpha value is -2.16. The maximum absolute atomic E-state index is 13.5. The zero-order valence-corrected chi connectivity index (χ0v) is 18.7. The normalized spacial score (nSPS) is 16.5. The van der Waals surface area contributed by atoms with Crippen LogP contribution in [0.2, 0.25) is 0 Å². The summed E-state index contributed by atoms with van der Waals surface area (Å²) in [5.74, 6) is -0.543. The van der Waals surface area contributed by atoms with E-state index in [1.807, 2.05) is 17.5 Å². The molecule has 4 nitrogen and oxygen atoms in total. The number of nitrogens with zero attached hydrogens (tertiary/aromatic N) is 2. The van der Waals surface area contributed by atoms with Crippen molar-refractivity contribution < 1.29 is 18.6 Å². The van der Waals surface area contributed by atoms with E-state index in [0.29, 0.717) is 19.8 Å². The smallest absolute Gasteiger partial charge is 0.123 e. The number of aliphatic hydroxyl groups is 1. The quantitative estimate of drug-likeness (QED) is 0.518. The van der Waals surface area contributed by atoms with E-state index < -0.39 is 6.10 Å². The van der Waals surface area contributed by atoms with Gasteiger partial charge in [-0.25, -0.2) is 8.78 Å². The van der Waals surface area contributed by atoms with Crippen molar-refractivity contribution in [3.63, 3.8) is 0 Å². The molecule has 1 N–H and O–H groups in total. The highest BCUT2D eigenvalue weighted by Crippen LogP contribution is 2.30. The third-order valence-corrected chi connectivity index (χ3v) is 6.60. The number of thiophene rings is 1. The molecule has 1 saturated heterocycles. The Labute approximate surface area is 191 Å². The highest BCUT2D eigenvalue weighted by Gasteiger charge is 2.27. The zero-order valence-electron chi connectivity index (χ0n) is 17.9. The van der Waals surface area contributed by atoms with E-state index >= 15 is 0 Å². The summed E-state index contributed by atoms with van der Waals surface area (Å²) in [6.45, 7) is 4.60. The number of halogens is 2. The molecule has 4 rings (SSSR count). The number of aliphatic hydroxyl groups excluding tert-OH is 1. The third-order valence-electron chi connectivity index (χ3n) is 5.75. The number of rotatable bonds is 9. The van der Waals surface area contributed by atoms with Gasteiger partial charge in [-0.1, -0.05) is 30.3 Å². The lowest BCUT2D eigenvalue weighted by atomic mass is 9.96. The van der Waals surface area contributed by atoms with Gasteiger partial charge in [0.15, 0.2) is 0 Å². The highest BCUT2D eigenvalue weighted by atomic mass is 32.1. The first-order chi connectivity index (χ1) is 15.6. The van der Waals surface area contributed by atoms with Gasteiger partial charge in [0.2, 0.25) is 0 Å². The molecule has 7 heteroatoms. The lowest BCUT2D eigenvalue weighted by Crippen LogP contribution is -2.50. The van der Waals surface area contributed by atoms with E-state index in [2.05, 4.69) is 9.80 Å². The average Bonchev–Trinajstić information content (AvgIpc) is 3.31. The van der Waals surface area contributed by atoms with Crippen molar-refractivity contribution in [3.05, 3.63) is 93.7 Å². The van der Waals surface area contributed by atoms with Gasteiger partial charge in [-0.3, -0.25) is 9.80 Å². The fraction of sp³-hybridized carbons (Fsp3) is 0.360. The fourth-order valence-corrected chi connectivity index (χ4v) is 4.79. The minimum atomic E-state index is -0.536. The van der Waals surface area contributed by atoms with E-state index in [1.165, 1.54) is 24.3 Å². The van der Waals surface area contributed by atoms with Gasteiger partial charge in [0.05, 0.1) is 25.4 Å². The molecule has 1 unspecified atom stereocenters.